The molecule has 8 heteroatoms. The number of carbonyl (C=O) groups is 2. The predicted octanol–water partition coefficient (Wildman–Crippen LogP) is 1.94. The Kier molecular flexibility index (Phi) is 5.69. The fraction of sp³-hybridized carbons (Fsp3) is 0.150. The van der Waals surface area contributed by atoms with Gasteiger partial charge in [0.05, 0.1) is 0 Å². The summed E-state index contributed by atoms with van der Waals surface area (Å²) >= 11 is 0. The predicted molar refractivity (Wildman–Crippen MR) is 100 cm³/mol. The van der Waals surface area contributed by atoms with Gasteiger partial charge in [-0.25, -0.2) is 9.37 Å². The fourth-order valence-corrected chi connectivity index (χ4v) is 2.72. The molecular formula is C20H19FN4O3. The second kappa shape index (κ2) is 8.34. The van der Waals surface area contributed by atoms with Crippen molar-refractivity contribution in [1.82, 2.24) is 14.9 Å². The van der Waals surface area contributed by atoms with Gasteiger partial charge in [-0.05, 0) is 30.3 Å². The monoisotopic (exact) mass is 382 g/mol. The molecule has 0 unspecified atom stereocenters. The number of hydrogen-bond acceptors (Lipinski definition) is 4. The molecule has 28 heavy (non-hydrogen) atoms. The minimum absolute atomic E-state index is 0.250. The molecule has 0 bridgehead atoms. The van der Waals surface area contributed by atoms with Gasteiger partial charge in [0.2, 0.25) is 0 Å². The number of aromatic nitrogens is 2. The van der Waals surface area contributed by atoms with Crippen molar-refractivity contribution in [3.05, 3.63) is 83.7 Å². The number of ether oxygens (including phenoxy) is 1. The fourth-order valence-electron chi connectivity index (χ4n) is 2.72. The molecule has 3 rings (SSSR count). The van der Waals surface area contributed by atoms with E-state index in [4.69, 9.17) is 10.5 Å². The van der Waals surface area contributed by atoms with Crippen LogP contribution in [0.4, 0.5) is 4.39 Å². The van der Waals surface area contributed by atoms with Gasteiger partial charge < -0.3 is 20.4 Å². The molecule has 2 amide bonds. The SMILES string of the molecule is Cn1ccnc1[C@H](NC(=O)c1ccc(OCC(N)=O)cc1)c1ccccc1F. The van der Waals surface area contributed by atoms with E-state index in [0.717, 1.165) is 0 Å². The Morgan fingerprint density at radius 1 is 1.21 bits per heavy atom. The van der Waals surface area contributed by atoms with Gasteiger partial charge in [0, 0.05) is 30.6 Å². The summed E-state index contributed by atoms with van der Waals surface area (Å²) in [5, 5.41) is 2.83. The summed E-state index contributed by atoms with van der Waals surface area (Å²) in [5.74, 6) is -0.529. The van der Waals surface area contributed by atoms with Gasteiger partial charge in [-0.15, -0.1) is 0 Å². The molecule has 0 saturated heterocycles. The van der Waals surface area contributed by atoms with E-state index in [1.54, 1.807) is 66.5 Å². The molecule has 0 spiro atoms. The highest BCUT2D eigenvalue weighted by molar-refractivity contribution is 5.94. The number of hydrogen-bond donors (Lipinski definition) is 2. The van der Waals surface area contributed by atoms with E-state index in [0.29, 0.717) is 22.7 Å². The summed E-state index contributed by atoms with van der Waals surface area (Å²) in [4.78, 5) is 27.8. The molecule has 0 aliphatic carbocycles. The highest BCUT2D eigenvalue weighted by Crippen LogP contribution is 2.24. The highest BCUT2D eigenvalue weighted by Gasteiger charge is 2.24. The van der Waals surface area contributed by atoms with Gasteiger partial charge in [0.25, 0.3) is 11.8 Å². The second-order valence-electron chi connectivity index (χ2n) is 6.10. The van der Waals surface area contributed by atoms with Crippen molar-refractivity contribution in [1.29, 1.82) is 0 Å². The average molecular weight is 382 g/mol. The minimum atomic E-state index is -0.764. The number of aryl methyl sites for hydroxylation is 1. The maximum Gasteiger partial charge on any atom is 0.255 e. The first-order valence-electron chi connectivity index (χ1n) is 8.49. The molecule has 2 aromatic carbocycles. The van der Waals surface area contributed by atoms with Crippen LogP contribution in [0.3, 0.4) is 0 Å². The zero-order chi connectivity index (χ0) is 20.1. The van der Waals surface area contributed by atoms with Gasteiger partial charge in [0.15, 0.2) is 6.61 Å². The lowest BCUT2D eigenvalue weighted by Crippen LogP contribution is -2.31. The number of amides is 2. The number of nitrogens with two attached hydrogens (primary N) is 1. The van der Waals surface area contributed by atoms with E-state index < -0.39 is 23.7 Å². The molecule has 0 aliphatic heterocycles. The van der Waals surface area contributed by atoms with E-state index >= 15 is 0 Å². The van der Waals surface area contributed by atoms with E-state index in [2.05, 4.69) is 10.3 Å². The third-order valence-corrected chi connectivity index (χ3v) is 4.11. The normalized spacial score (nSPS) is 11.6. The molecule has 1 atom stereocenters. The topological polar surface area (TPSA) is 99.2 Å². The molecule has 7 nitrogen and oxygen atoms in total. The van der Waals surface area contributed by atoms with Crippen LogP contribution >= 0.6 is 0 Å². The Bertz CT molecular complexity index is 985. The van der Waals surface area contributed by atoms with E-state index in [1.165, 1.54) is 6.07 Å². The third-order valence-electron chi connectivity index (χ3n) is 4.11. The van der Waals surface area contributed by atoms with Crippen LogP contribution in [0.15, 0.2) is 60.9 Å². The molecule has 0 saturated carbocycles. The largest absolute Gasteiger partial charge is 0.484 e. The van der Waals surface area contributed by atoms with Crippen LogP contribution in [-0.4, -0.2) is 28.0 Å². The first-order chi connectivity index (χ1) is 13.5. The number of carbonyl (C=O) groups excluding carboxylic acids is 2. The zero-order valence-corrected chi connectivity index (χ0v) is 15.1. The summed E-state index contributed by atoms with van der Waals surface area (Å²) < 4.78 is 21.3. The van der Waals surface area contributed by atoms with Gasteiger partial charge in [-0.2, -0.15) is 0 Å². The third kappa shape index (κ3) is 4.35. The maximum absolute atomic E-state index is 14.4. The van der Waals surface area contributed by atoms with Gasteiger partial charge in [0.1, 0.15) is 23.4 Å². The van der Waals surface area contributed by atoms with E-state index in [-0.39, 0.29) is 6.61 Å². The van der Waals surface area contributed by atoms with Crippen LogP contribution in [-0.2, 0) is 11.8 Å². The number of rotatable bonds is 7. The molecule has 3 aromatic rings. The molecule has 3 N–H and O–H groups in total. The standard InChI is InChI=1S/C20H19FN4O3/c1-25-11-10-23-19(25)18(15-4-2-3-5-16(15)21)24-20(27)13-6-8-14(9-7-13)28-12-17(22)26/h2-11,18H,12H2,1H3,(H2,22,26)(H,24,27)/t18-/m1/s1. The van der Waals surface area contributed by atoms with Crippen LogP contribution in [0.5, 0.6) is 5.75 Å². The Hall–Kier alpha value is -3.68. The van der Waals surface area contributed by atoms with Crippen molar-refractivity contribution >= 4 is 11.8 Å². The Morgan fingerprint density at radius 3 is 2.54 bits per heavy atom. The molecule has 0 aliphatic rings. The quantitative estimate of drug-likeness (QED) is 0.652. The molecule has 0 radical (unpaired) electrons. The first-order valence-corrected chi connectivity index (χ1v) is 8.49. The molecule has 0 fully saturated rings. The van der Waals surface area contributed by atoms with Crippen molar-refractivity contribution in [3.8, 4) is 5.75 Å². The van der Waals surface area contributed by atoms with Crippen molar-refractivity contribution in [2.24, 2.45) is 12.8 Å². The average Bonchev–Trinajstić information content (AvgIpc) is 3.11. The number of nitrogens with zero attached hydrogens (tertiary/aromatic N) is 2. The van der Waals surface area contributed by atoms with Gasteiger partial charge in [-0.1, -0.05) is 18.2 Å². The van der Waals surface area contributed by atoms with Crippen LogP contribution in [0.25, 0.3) is 0 Å². The van der Waals surface area contributed by atoms with Gasteiger partial charge in [-0.3, -0.25) is 9.59 Å². The zero-order valence-electron chi connectivity index (χ0n) is 15.1. The Labute approximate surface area is 161 Å². The summed E-state index contributed by atoms with van der Waals surface area (Å²) in [7, 11) is 1.77. The van der Waals surface area contributed by atoms with Crippen LogP contribution in [0.2, 0.25) is 0 Å². The minimum Gasteiger partial charge on any atom is -0.484 e. The van der Waals surface area contributed by atoms with E-state index in [1.807, 2.05) is 0 Å². The maximum atomic E-state index is 14.4. The smallest absolute Gasteiger partial charge is 0.255 e. The highest BCUT2D eigenvalue weighted by atomic mass is 19.1. The summed E-state index contributed by atoms with van der Waals surface area (Å²) in [6.07, 6.45) is 3.31. The molecular weight excluding hydrogens is 363 g/mol. The molecule has 1 aromatic heterocycles. The van der Waals surface area contributed by atoms with Crippen LogP contribution < -0.4 is 15.8 Å². The van der Waals surface area contributed by atoms with Crippen molar-refractivity contribution in [2.75, 3.05) is 6.61 Å². The lowest BCUT2D eigenvalue weighted by Gasteiger charge is -2.20. The first kappa shape index (κ1) is 19.1. The Morgan fingerprint density at radius 2 is 1.93 bits per heavy atom. The molecule has 1 heterocycles. The van der Waals surface area contributed by atoms with Gasteiger partial charge >= 0.3 is 0 Å². The van der Waals surface area contributed by atoms with Crippen molar-refractivity contribution < 1.29 is 18.7 Å². The second-order valence-corrected chi connectivity index (χ2v) is 6.10. The summed E-state index contributed by atoms with van der Waals surface area (Å²) in [6, 6.07) is 11.7. The lowest BCUT2D eigenvalue weighted by atomic mass is 10.0. The number of imidazole rings is 1. The van der Waals surface area contributed by atoms with E-state index in [9.17, 15) is 14.0 Å². The number of nitrogens with one attached hydrogen (secondary N) is 1. The van der Waals surface area contributed by atoms with Crippen LogP contribution in [0.1, 0.15) is 27.8 Å². The van der Waals surface area contributed by atoms with Crippen molar-refractivity contribution in [3.63, 3.8) is 0 Å². The molecule has 144 valence electrons. The Balaban J connectivity index is 1.83. The van der Waals surface area contributed by atoms with Crippen molar-refractivity contribution in [2.45, 2.75) is 6.04 Å². The van der Waals surface area contributed by atoms with Crippen LogP contribution in [0, 0.1) is 5.82 Å². The number of primary amides is 1. The number of benzene rings is 2. The summed E-state index contributed by atoms with van der Waals surface area (Å²) in [5.41, 5.74) is 5.69. The summed E-state index contributed by atoms with van der Waals surface area (Å²) in [6.45, 7) is -0.250. The number of halogens is 1. The lowest BCUT2D eigenvalue weighted by molar-refractivity contribution is -0.119.